The average molecular weight is 334 g/mol. The third-order valence-electron chi connectivity index (χ3n) is 4.35. The van der Waals surface area contributed by atoms with E-state index in [1.807, 2.05) is 24.1 Å². The lowest BCUT2D eigenvalue weighted by molar-refractivity contribution is -0.131. The van der Waals surface area contributed by atoms with Gasteiger partial charge in [-0.05, 0) is 41.7 Å². The fourth-order valence-electron chi connectivity index (χ4n) is 3.09. The number of aryl methyl sites for hydroxylation is 1. The summed E-state index contributed by atoms with van der Waals surface area (Å²) in [6.07, 6.45) is 2.22. The summed E-state index contributed by atoms with van der Waals surface area (Å²) >= 11 is 12.3. The Kier molecular flexibility index (Phi) is 4.42. The molecule has 0 saturated carbocycles. The van der Waals surface area contributed by atoms with Crippen LogP contribution in [0.4, 0.5) is 0 Å². The van der Waals surface area contributed by atoms with Crippen LogP contribution in [0.25, 0.3) is 0 Å². The van der Waals surface area contributed by atoms with Gasteiger partial charge in [-0.1, -0.05) is 53.5 Å². The lowest BCUT2D eigenvalue weighted by atomic mass is 10.1. The fraction of sp³-hybridized carbons (Fsp3) is 0.278. The molecular weight excluding hydrogens is 317 g/mol. The highest BCUT2D eigenvalue weighted by atomic mass is 35.5. The Morgan fingerprint density at radius 3 is 2.55 bits per heavy atom. The number of rotatable bonds is 3. The van der Waals surface area contributed by atoms with Crippen LogP contribution >= 0.6 is 23.2 Å². The summed E-state index contributed by atoms with van der Waals surface area (Å²) in [6.45, 7) is 0. The largest absolute Gasteiger partial charge is 0.338 e. The van der Waals surface area contributed by atoms with Crippen molar-refractivity contribution in [3.63, 3.8) is 0 Å². The predicted octanol–water partition coefficient (Wildman–Crippen LogP) is 4.68. The van der Waals surface area contributed by atoms with Crippen LogP contribution in [0, 0.1) is 0 Å². The standard InChI is InChI=1S/C18H17Cl2NO/c1-21(17-10-9-12-5-2-3-6-13(12)17)18(22)11-14-15(19)7-4-8-16(14)20/h2-8,17H,9-11H2,1H3. The number of amides is 1. The van der Waals surface area contributed by atoms with Crippen molar-refractivity contribution in [3.05, 3.63) is 69.2 Å². The van der Waals surface area contributed by atoms with Crippen molar-refractivity contribution in [1.29, 1.82) is 0 Å². The number of carbonyl (C=O) groups is 1. The van der Waals surface area contributed by atoms with E-state index >= 15 is 0 Å². The van der Waals surface area contributed by atoms with Crippen molar-refractivity contribution in [3.8, 4) is 0 Å². The Morgan fingerprint density at radius 1 is 1.14 bits per heavy atom. The number of hydrogen-bond donors (Lipinski definition) is 0. The molecule has 0 heterocycles. The number of carbonyl (C=O) groups excluding carboxylic acids is 1. The summed E-state index contributed by atoms with van der Waals surface area (Å²) in [5, 5.41) is 1.09. The van der Waals surface area contributed by atoms with E-state index in [1.165, 1.54) is 11.1 Å². The number of hydrogen-bond acceptors (Lipinski definition) is 1. The zero-order chi connectivity index (χ0) is 15.7. The van der Waals surface area contributed by atoms with Gasteiger partial charge in [-0.3, -0.25) is 4.79 Å². The SMILES string of the molecule is CN(C(=O)Cc1c(Cl)cccc1Cl)C1CCc2ccccc21. The average Bonchev–Trinajstić information content (AvgIpc) is 2.94. The molecule has 1 amide bonds. The van der Waals surface area contributed by atoms with E-state index in [0.29, 0.717) is 15.6 Å². The van der Waals surface area contributed by atoms with Crippen molar-refractivity contribution in [2.45, 2.75) is 25.3 Å². The second-order valence-corrected chi connectivity index (χ2v) is 6.45. The molecule has 4 heteroatoms. The monoisotopic (exact) mass is 333 g/mol. The van der Waals surface area contributed by atoms with Crippen LogP contribution in [0.1, 0.15) is 29.2 Å². The molecule has 0 bridgehead atoms. The molecule has 0 radical (unpaired) electrons. The Bertz CT molecular complexity index is 694. The second-order valence-electron chi connectivity index (χ2n) is 5.63. The molecule has 1 atom stereocenters. The highest BCUT2D eigenvalue weighted by Crippen LogP contribution is 2.35. The molecule has 3 rings (SSSR count). The van der Waals surface area contributed by atoms with E-state index in [9.17, 15) is 4.79 Å². The third kappa shape index (κ3) is 2.86. The Labute approximate surface area is 140 Å². The van der Waals surface area contributed by atoms with Gasteiger partial charge in [0.2, 0.25) is 5.91 Å². The molecule has 0 saturated heterocycles. The molecule has 0 spiro atoms. The number of nitrogens with zero attached hydrogens (tertiary/aromatic N) is 1. The lowest BCUT2D eigenvalue weighted by Gasteiger charge is -2.26. The molecule has 0 fully saturated rings. The molecule has 1 unspecified atom stereocenters. The smallest absolute Gasteiger partial charge is 0.227 e. The van der Waals surface area contributed by atoms with Gasteiger partial charge in [-0.15, -0.1) is 0 Å². The molecule has 0 aromatic heterocycles. The molecular formula is C18H17Cl2NO. The van der Waals surface area contributed by atoms with Crippen LogP contribution in [-0.4, -0.2) is 17.9 Å². The summed E-state index contributed by atoms with van der Waals surface area (Å²) in [5.74, 6) is 0.0386. The van der Waals surface area contributed by atoms with Crippen molar-refractivity contribution in [2.75, 3.05) is 7.05 Å². The van der Waals surface area contributed by atoms with Gasteiger partial charge in [-0.2, -0.15) is 0 Å². The first kappa shape index (κ1) is 15.4. The summed E-state index contributed by atoms with van der Waals surface area (Å²) in [6, 6.07) is 13.8. The van der Waals surface area contributed by atoms with Gasteiger partial charge in [0.05, 0.1) is 12.5 Å². The van der Waals surface area contributed by atoms with Gasteiger partial charge in [-0.25, -0.2) is 0 Å². The zero-order valence-electron chi connectivity index (χ0n) is 12.4. The molecule has 22 heavy (non-hydrogen) atoms. The lowest BCUT2D eigenvalue weighted by Crippen LogP contribution is -2.31. The van der Waals surface area contributed by atoms with Gasteiger partial charge in [0.25, 0.3) is 0 Å². The Balaban J connectivity index is 1.79. The minimum Gasteiger partial charge on any atom is -0.338 e. The number of benzene rings is 2. The summed E-state index contributed by atoms with van der Waals surface area (Å²) in [4.78, 5) is 14.4. The van der Waals surface area contributed by atoms with Gasteiger partial charge >= 0.3 is 0 Å². The first-order chi connectivity index (χ1) is 10.6. The normalized spacial score (nSPS) is 16.4. The maximum absolute atomic E-state index is 12.6. The van der Waals surface area contributed by atoms with Gasteiger partial charge in [0.15, 0.2) is 0 Å². The van der Waals surface area contributed by atoms with Gasteiger partial charge < -0.3 is 4.90 Å². The second kappa shape index (κ2) is 6.31. The van der Waals surface area contributed by atoms with Crippen LogP contribution in [0.5, 0.6) is 0 Å². The molecule has 2 aromatic carbocycles. The van der Waals surface area contributed by atoms with Gasteiger partial charge in [0.1, 0.15) is 0 Å². The third-order valence-corrected chi connectivity index (χ3v) is 5.06. The minimum absolute atomic E-state index is 0.0386. The first-order valence-electron chi connectivity index (χ1n) is 7.34. The van der Waals surface area contributed by atoms with Crippen LogP contribution in [0.2, 0.25) is 10.0 Å². The van der Waals surface area contributed by atoms with Crippen molar-refractivity contribution < 1.29 is 4.79 Å². The minimum atomic E-state index is 0.0386. The summed E-state index contributed by atoms with van der Waals surface area (Å²) in [7, 11) is 1.86. The predicted molar refractivity (Wildman–Crippen MR) is 90.4 cm³/mol. The molecule has 114 valence electrons. The van der Waals surface area contributed by atoms with Crippen molar-refractivity contribution >= 4 is 29.1 Å². The van der Waals surface area contributed by atoms with E-state index in [4.69, 9.17) is 23.2 Å². The number of fused-ring (bicyclic) bond motifs is 1. The molecule has 2 nitrogen and oxygen atoms in total. The quantitative estimate of drug-likeness (QED) is 0.798. The Hall–Kier alpha value is -1.51. The first-order valence-corrected chi connectivity index (χ1v) is 8.10. The van der Waals surface area contributed by atoms with Crippen molar-refractivity contribution in [2.24, 2.45) is 0 Å². The zero-order valence-corrected chi connectivity index (χ0v) is 13.9. The highest BCUT2D eigenvalue weighted by molar-refractivity contribution is 6.36. The maximum Gasteiger partial charge on any atom is 0.227 e. The van der Waals surface area contributed by atoms with E-state index in [0.717, 1.165) is 12.8 Å². The molecule has 0 aliphatic heterocycles. The number of halogens is 2. The number of likely N-dealkylation sites (N-methyl/N-ethyl adjacent to an activating group) is 1. The van der Waals surface area contributed by atoms with E-state index < -0.39 is 0 Å². The molecule has 1 aliphatic rings. The van der Waals surface area contributed by atoms with E-state index in [1.54, 1.807) is 18.2 Å². The van der Waals surface area contributed by atoms with Crippen LogP contribution in [0.3, 0.4) is 0 Å². The summed E-state index contributed by atoms with van der Waals surface area (Å²) in [5.41, 5.74) is 3.29. The van der Waals surface area contributed by atoms with E-state index in [-0.39, 0.29) is 18.4 Å². The summed E-state index contributed by atoms with van der Waals surface area (Å²) < 4.78 is 0. The molecule has 0 N–H and O–H groups in total. The highest BCUT2D eigenvalue weighted by Gasteiger charge is 2.28. The van der Waals surface area contributed by atoms with E-state index in [2.05, 4.69) is 12.1 Å². The maximum atomic E-state index is 12.6. The molecule has 2 aromatic rings. The van der Waals surface area contributed by atoms with Crippen molar-refractivity contribution in [1.82, 2.24) is 4.90 Å². The fourth-order valence-corrected chi connectivity index (χ4v) is 3.62. The molecule has 1 aliphatic carbocycles. The van der Waals surface area contributed by atoms with Crippen LogP contribution in [0.15, 0.2) is 42.5 Å². The Morgan fingerprint density at radius 2 is 1.82 bits per heavy atom. The van der Waals surface area contributed by atoms with Crippen LogP contribution in [-0.2, 0) is 17.6 Å². The van der Waals surface area contributed by atoms with Gasteiger partial charge in [0, 0.05) is 17.1 Å². The topological polar surface area (TPSA) is 20.3 Å². The van der Waals surface area contributed by atoms with Crippen LogP contribution < -0.4 is 0 Å².